The summed E-state index contributed by atoms with van der Waals surface area (Å²) in [6, 6.07) is 0. The molecule has 2 bridgehead atoms. The van der Waals surface area contributed by atoms with Crippen molar-refractivity contribution in [2.24, 2.45) is 0 Å². The van der Waals surface area contributed by atoms with Crippen molar-refractivity contribution in [3.63, 3.8) is 0 Å². The second-order valence-corrected chi connectivity index (χ2v) is 5.93. The first kappa shape index (κ1) is 9.43. The summed E-state index contributed by atoms with van der Waals surface area (Å²) >= 11 is 2.07. The minimum Gasteiger partial charge on any atom is -0.389 e. The van der Waals surface area contributed by atoms with E-state index >= 15 is 0 Å². The predicted molar refractivity (Wildman–Crippen MR) is 56.7 cm³/mol. The molecular formula is C11H16OS. The van der Waals surface area contributed by atoms with E-state index in [1.807, 2.05) is 0 Å². The van der Waals surface area contributed by atoms with E-state index in [0.29, 0.717) is 16.9 Å². The zero-order valence-electron chi connectivity index (χ0n) is 7.83. The highest BCUT2D eigenvalue weighted by Crippen LogP contribution is 2.46. The Balaban J connectivity index is 2.05. The van der Waals surface area contributed by atoms with E-state index in [1.54, 1.807) is 0 Å². The lowest BCUT2D eigenvalue weighted by molar-refractivity contribution is 0.0176. The van der Waals surface area contributed by atoms with E-state index in [4.69, 9.17) is 6.42 Å². The zero-order valence-corrected chi connectivity index (χ0v) is 8.65. The van der Waals surface area contributed by atoms with Gasteiger partial charge in [0, 0.05) is 16.9 Å². The molecule has 2 unspecified atom stereocenters. The van der Waals surface area contributed by atoms with Gasteiger partial charge in [-0.3, -0.25) is 0 Å². The van der Waals surface area contributed by atoms with Crippen LogP contribution in [0.2, 0.25) is 0 Å². The molecule has 0 amide bonds. The predicted octanol–water partition coefficient (Wildman–Crippen LogP) is 2.19. The van der Waals surface area contributed by atoms with Crippen molar-refractivity contribution in [1.82, 2.24) is 0 Å². The van der Waals surface area contributed by atoms with Crippen LogP contribution in [-0.4, -0.2) is 21.2 Å². The molecule has 2 aliphatic rings. The van der Waals surface area contributed by atoms with Crippen LogP contribution in [0.25, 0.3) is 0 Å². The molecule has 2 heterocycles. The number of thioether (sulfide) groups is 1. The number of terminal acetylenes is 1. The van der Waals surface area contributed by atoms with Gasteiger partial charge in [0.15, 0.2) is 0 Å². The summed E-state index contributed by atoms with van der Waals surface area (Å²) in [6.45, 7) is 0. The number of fused-ring (bicyclic) bond motifs is 2. The van der Waals surface area contributed by atoms with Crippen LogP contribution in [0.4, 0.5) is 0 Å². The van der Waals surface area contributed by atoms with Gasteiger partial charge in [0.25, 0.3) is 0 Å². The Labute approximate surface area is 84.3 Å². The standard InChI is InChI=1S/C11H16OS/c1-2-6-11(12)7-9-4-3-5-10(8-11)13-9/h1,9-10,12H,3-8H2. The molecule has 13 heavy (non-hydrogen) atoms. The van der Waals surface area contributed by atoms with E-state index in [2.05, 4.69) is 17.7 Å². The molecule has 1 nitrogen and oxygen atoms in total. The molecule has 0 aromatic carbocycles. The molecular weight excluding hydrogens is 180 g/mol. The smallest absolute Gasteiger partial charge is 0.0777 e. The Kier molecular flexibility index (Phi) is 2.58. The van der Waals surface area contributed by atoms with E-state index in [9.17, 15) is 5.11 Å². The quantitative estimate of drug-likeness (QED) is 0.649. The maximum atomic E-state index is 10.2. The largest absolute Gasteiger partial charge is 0.389 e. The van der Waals surface area contributed by atoms with Gasteiger partial charge in [-0.25, -0.2) is 0 Å². The summed E-state index contributed by atoms with van der Waals surface area (Å²) in [7, 11) is 0. The number of hydrogen-bond donors (Lipinski definition) is 1. The van der Waals surface area contributed by atoms with E-state index in [1.165, 1.54) is 19.3 Å². The first-order valence-electron chi connectivity index (χ1n) is 5.03. The number of aliphatic hydroxyl groups is 1. The average Bonchev–Trinajstić information content (AvgIpc) is 2.02. The Morgan fingerprint density at radius 1 is 1.38 bits per heavy atom. The molecule has 72 valence electrons. The molecule has 2 heteroatoms. The fourth-order valence-electron chi connectivity index (χ4n) is 2.55. The maximum absolute atomic E-state index is 10.2. The topological polar surface area (TPSA) is 20.2 Å². The van der Waals surface area contributed by atoms with Gasteiger partial charge in [-0.1, -0.05) is 6.42 Å². The third-order valence-electron chi connectivity index (χ3n) is 3.08. The van der Waals surface area contributed by atoms with Crippen molar-refractivity contribution >= 4 is 11.8 Å². The Hall–Kier alpha value is -0.130. The molecule has 0 aromatic heterocycles. The van der Waals surface area contributed by atoms with Crippen LogP contribution in [0, 0.1) is 12.3 Å². The van der Waals surface area contributed by atoms with Crippen LogP contribution < -0.4 is 0 Å². The fourth-order valence-corrected chi connectivity index (χ4v) is 4.51. The summed E-state index contributed by atoms with van der Waals surface area (Å²) < 4.78 is 0. The van der Waals surface area contributed by atoms with Crippen molar-refractivity contribution in [2.45, 2.75) is 54.6 Å². The first-order valence-corrected chi connectivity index (χ1v) is 5.97. The van der Waals surface area contributed by atoms with Crippen LogP contribution in [0.15, 0.2) is 0 Å². The highest BCUT2D eigenvalue weighted by atomic mass is 32.2. The molecule has 0 saturated carbocycles. The normalized spacial score (nSPS) is 44.0. The number of hydrogen-bond acceptors (Lipinski definition) is 2. The molecule has 2 atom stereocenters. The van der Waals surface area contributed by atoms with E-state index in [-0.39, 0.29) is 0 Å². The monoisotopic (exact) mass is 196 g/mol. The lowest BCUT2D eigenvalue weighted by atomic mass is 9.83. The highest BCUT2D eigenvalue weighted by molar-refractivity contribution is 8.00. The molecule has 2 aliphatic heterocycles. The second kappa shape index (κ2) is 3.55. The average molecular weight is 196 g/mol. The first-order chi connectivity index (χ1) is 6.22. The van der Waals surface area contributed by atoms with Crippen LogP contribution >= 0.6 is 11.8 Å². The molecule has 0 aliphatic carbocycles. The summed E-state index contributed by atoms with van der Waals surface area (Å²) in [5.74, 6) is 2.61. The molecule has 2 saturated heterocycles. The van der Waals surface area contributed by atoms with Gasteiger partial charge in [-0.2, -0.15) is 11.8 Å². The molecule has 2 fully saturated rings. The number of rotatable bonds is 1. The third-order valence-corrected chi connectivity index (χ3v) is 4.66. The molecule has 0 aromatic rings. The van der Waals surface area contributed by atoms with Crippen LogP contribution in [0.5, 0.6) is 0 Å². The van der Waals surface area contributed by atoms with Gasteiger partial charge in [0.2, 0.25) is 0 Å². The highest BCUT2D eigenvalue weighted by Gasteiger charge is 2.40. The summed E-state index contributed by atoms with van der Waals surface area (Å²) in [4.78, 5) is 0. The SMILES string of the molecule is C#CCC1(O)CC2CCCC(C1)S2. The fraction of sp³-hybridized carbons (Fsp3) is 0.818. The van der Waals surface area contributed by atoms with Crippen molar-refractivity contribution < 1.29 is 5.11 Å². The Morgan fingerprint density at radius 2 is 2.00 bits per heavy atom. The van der Waals surface area contributed by atoms with Gasteiger partial charge in [0.05, 0.1) is 5.60 Å². The summed E-state index contributed by atoms with van der Waals surface area (Å²) in [6.07, 6.45) is 11.5. The Bertz CT molecular complexity index is 219. The van der Waals surface area contributed by atoms with Crippen LogP contribution in [0.1, 0.15) is 38.5 Å². The summed E-state index contributed by atoms with van der Waals surface area (Å²) in [5.41, 5.74) is -0.532. The minimum atomic E-state index is -0.532. The maximum Gasteiger partial charge on any atom is 0.0777 e. The van der Waals surface area contributed by atoms with E-state index < -0.39 is 5.60 Å². The summed E-state index contributed by atoms with van der Waals surface area (Å²) in [5, 5.41) is 11.6. The molecule has 0 radical (unpaired) electrons. The van der Waals surface area contributed by atoms with Gasteiger partial charge in [-0.05, 0) is 25.7 Å². The van der Waals surface area contributed by atoms with Crippen LogP contribution in [0.3, 0.4) is 0 Å². The van der Waals surface area contributed by atoms with Gasteiger partial charge < -0.3 is 5.11 Å². The second-order valence-electron chi connectivity index (χ2n) is 4.32. The van der Waals surface area contributed by atoms with Crippen molar-refractivity contribution in [2.75, 3.05) is 0 Å². The Morgan fingerprint density at radius 3 is 2.54 bits per heavy atom. The van der Waals surface area contributed by atoms with Gasteiger partial charge in [0.1, 0.15) is 0 Å². The van der Waals surface area contributed by atoms with Gasteiger partial charge >= 0.3 is 0 Å². The van der Waals surface area contributed by atoms with Crippen molar-refractivity contribution in [3.05, 3.63) is 0 Å². The third kappa shape index (κ3) is 2.03. The lowest BCUT2D eigenvalue weighted by Crippen LogP contribution is -2.42. The van der Waals surface area contributed by atoms with E-state index in [0.717, 1.165) is 12.8 Å². The van der Waals surface area contributed by atoms with Crippen LogP contribution in [-0.2, 0) is 0 Å². The van der Waals surface area contributed by atoms with Crippen molar-refractivity contribution in [3.8, 4) is 12.3 Å². The van der Waals surface area contributed by atoms with Gasteiger partial charge in [-0.15, -0.1) is 12.3 Å². The minimum absolute atomic E-state index is 0.532. The van der Waals surface area contributed by atoms with Crippen molar-refractivity contribution in [1.29, 1.82) is 0 Å². The molecule has 1 N–H and O–H groups in total. The molecule has 0 spiro atoms. The lowest BCUT2D eigenvalue weighted by Gasteiger charge is -2.43. The zero-order chi connectivity index (χ0) is 9.31. The molecule has 2 rings (SSSR count).